The summed E-state index contributed by atoms with van der Waals surface area (Å²) in [5.41, 5.74) is 2.34. The van der Waals surface area contributed by atoms with Crippen molar-refractivity contribution in [2.45, 2.75) is 12.8 Å². The van der Waals surface area contributed by atoms with E-state index >= 15 is 0 Å². The van der Waals surface area contributed by atoms with Gasteiger partial charge in [0.05, 0.1) is 7.11 Å². The van der Waals surface area contributed by atoms with Crippen molar-refractivity contribution >= 4 is 31.9 Å². The van der Waals surface area contributed by atoms with Crippen molar-refractivity contribution in [3.63, 3.8) is 0 Å². The van der Waals surface area contributed by atoms with Crippen LogP contribution in [0.15, 0.2) is 51.4 Å². The number of hydrogen-bond acceptors (Lipinski definition) is 2. The lowest BCUT2D eigenvalue weighted by Crippen LogP contribution is -2.13. The molecule has 0 aliphatic rings. The Morgan fingerprint density at radius 2 is 1.67 bits per heavy atom. The molecule has 0 bridgehead atoms. The molecule has 2 nitrogen and oxygen atoms in total. The summed E-state index contributed by atoms with van der Waals surface area (Å²) in [5, 5.41) is 9.67. The molecule has 0 aliphatic heterocycles. The fourth-order valence-electron chi connectivity index (χ4n) is 2.37. The van der Waals surface area contributed by atoms with Crippen molar-refractivity contribution in [3.8, 4) is 5.75 Å². The van der Waals surface area contributed by atoms with Crippen molar-refractivity contribution in [2.75, 3.05) is 13.7 Å². The maximum Gasteiger partial charge on any atom is 0.122 e. The van der Waals surface area contributed by atoms with Gasteiger partial charge >= 0.3 is 0 Å². The summed E-state index contributed by atoms with van der Waals surface area (Å²) < 4.78 is 7.50. The van der Waals surface area contributed by atoms with Gasteiger partial charge in [-0.25, -0.2) is 0 Å². The van der Waals surface area contributed by atoms with E-state index in [0.29, 0.717) is 0 Å². The van der Waals surface area contributed by atoms with Gasteiger partial charge in [-0.05, 0) is 60.2 Å². The number of benzene rings is 2. The van der Waals surface area contributed by atoms with Crippen LogP contribution in [-0.4, -0.2) is 18.8 Å². The molecule has 2 aromatic rings. The molecule has 0 aliphatic carbocycles. The molecule has 1 N–H and O–H groups in total. The van der Waals surface area contributed by atoms with Crippen LogP contribution >= 0.6 is 31.9 Å². The third-order valence-corrected chi connectivity index (χ3v) is 4.47. The first kappa shape index (κ1) is 16.5. The minimum absolute atomic E-state index is 0.158. The molecule has 112 valence electrons. The zero-order valence-corrected chi connectivity index (χ0v) is 15.0. The van der Waals surface area contributed by atoms with Gasteiger partial charge < -0.3 is 9.84 Å². The van der Waals surface area contributed by atoms with Gasteiger partial charge in [-0.1, -0.05) is 44.0 Å². The van der Waals surface area contributed by atoms with Crippen molar-refractivity contribution < 1.29 is 9.84 Å². The van der Waals surface area contributed by atoms with E-state index in [2.05, 4.69) is 50.1 Å². The molecular weight excluding hydrogens is 396 g/mol. The number of rotatable bonds is 6. The fourth-order valence-corrected chi connectivity index (χ4v) is 3.05. The van der Waals surface area contributed by atoms with Crippen LogP contribution < -0.4 is 4.74 Å². The van der Waals surface area contributed by atoms with Crippen LogP contribution in [0.25, 0.3) is 0 Å². The second-order valence-electron chi connectivity index (χ2n) is 5.04. The summed E-state index contributed by atoms with van der Waals surface area (Å²) >= 11 is 6.93. The first-order valence-corrected chi connectivity index (χ1v) is 8.38. The van der Waals surface area contributed by atoms with Gasteiger partial charge in [0.1, 0.15) is 5.75 Å². The highest BCUT2D eigenvalue weighted by molar-refractivity contribution is 9.10. The lowest BCUT2D eigenvalue weighted by atomic mass is 9.93. The van der Waals surface area contributed by atoms with Gasteiger partial charge in [-0.2, -0.15) is 0 Å². The van der Waals surface area contributed by atoms with Gasteiger partial charge in [-0.15, -0.1) is 0 Å². The Hall–Kier alpha value is -0.840. The van der Waals surface area contributed by atoms with E-state index in [0.717, 1.165) is 33.1 Å². The minimum atomic E-state index is 0.158. The predicted molar refractivity (Wildman–Crippen MR) is 92.8 cm³/mol. The highest BCUT2D eigenvalue weighted by Crippen LogP contribution is 2.26. The van der Waals surface area contributed by atoms with Crippen LogP contribution in [0, 0.1) is 5.92 Å². The van der Waals surface area contributed by atoms with Crippen LogP contribution in [0.3, 0.4) is 0 Å². The molecular formula is C17H18Br2O2. The Morgan fingerprint density at radius 1 is 1.00 bits per heavy atom. The van der Waals surface area contributed by atoms with Crippen LogP contribution in [0.1, 0.15) is 11.1 Å². The lowest BCUT2D eigenvalue weighted by Gasteiger charge is -2.17. The summed E-state index contributed by atoms with van der Waals surface area (Å²) in [6, 6.07) is 14.2. The maximum atomic E-state index is 9.67. The quantitative estimate of drug-likeness (QED) is 0.748. The van der Waals surface area contributed by atoms with E-state index in [1.807, 2.05) is 24.3 Å². The molecule has 0 saturated carbocycles. The molecule has 21 heavy (non-hydrogen) atoms. The third kappa shape index (κ3) is 4.83. The molecule has 0 fully saturated rings. The number of aliphatic hydroxyl groups is 1. The van der Waals surface area contributed by atoms with Gasteiger partial charge in [0.25, 0.3) is 0 Å². The molecule has 0 radical (unpaired) electrons. The molecule has 0 amide bonds. The molecule has 2 aromatic carbocycles. The van der Waals surface area contributed by atoms with Crippen molar-refractivity contribution in [2.24, 2.45) is 5.92 Å². The molecule has 2 rings (SSSR count). The number of halogens is 2. The van der Waals surface area contributed by atoms with Gasteiger partial charge in [0.2, 0.25) is 0 Å². The molecule has 0 spiro atoms. The smallest absolute Gasteiger partial charge is 0.122 e. The van der Waals surface area contributed by atoms with Crippen LogP contribution in [0.4, 0.5) is 0 Å². The summed E-state index contributed by atoms with van der Waals surface area (Å²) in [6.45, 7) is 0.158. The molecule has 1 atom stereocenters. The Bertz CT molecular complexity index is 582. The number of ether oxygens (including phenoxy) is 1. The average Bonchev–Trinajstić information content (AvgIpc) is 2.49. The Morgan fingerprint density at radius 3 is 2.29 bits per heavy atom. The molecule has 0 heterocycles. The second-order valence-corrected chi connectivity index (χ2v) is 6.87. The largest absolute Gasteiger partial charge is 0.496 e. The lowest BCUT2D eigenvalue weighted by molar-refractivity contribution is 0.224. The second kappa shape index (κ2) is 7.97. The predicted octanol–water partition coefficient (Wildman–Crippen LogP) is 4.61. The Balaban J connectivity index is 2.11. The number of aliphatic hydroxyl groups excluding tert-OH is 1. The summed E-state index contributed by atoms with van der Waals surface area (Å²) in [4.78, 5) is 0. The van der Waals surface area contributed by atoms with E-state index < -0.39 is 0 Å². The molecule has 0 saturated heterocycles. The Kier molecular flexibility index (Phi) is 6.27. The summed E-state index contributed by atoms with van der Waals surface area (Å²) in [7, 11) is 1.68. The number of hydrogen-bond donors (Lipinski definition) is 1. The SMILES string of the molecule is COc1ccc(Br)cc1CC(CO)Cc1ccc(Br)cc1. The van der Waals surface area contributed by atoms with Crippen molar-refractivity contribution in [1.82, 2.24) is 0 Å². The van der Waals surface area contributed by atoms with Crippen LogP contribution in [-0.2, 0) is 12.8 Å². The van der Waals surface area contributed by atoms with Gasteiger partial charge in [0.15, 0.2) is 0 Å². The highest BCUT2D eigenvalue weighted by Gasteiger charge is 2.13. The average molecular weight is 414 g/mol. The van der Waals surface area contributed by atoms with Gasteiger partial charge in [0, 0.05) is 15.6 Å². The van der Waals surface area contributed by atoms with E-state index in [1.54, 1.807) is 7.11 Å². The van der Waals surface area contributed by atoms with E-state index in [9.17, 15) is 5.11 Å². The fraction of sp³-hybridized carbons (Fsp3) is 0.294. The van der Waals surface area contributed by atoms with Crippen molar-refractivity contribution in [3.05, 3.63) is 62.5 Å². The number of methoxy groups -OCH3 is 1. The molecule has 4 heteroatoms. The zero-order chi connectivity index (χ0) is 15.2. The first-order chi connectivity index (χ1) is 10.1. The Labute approximate surface area is 142 Å². The normalized spacial score (nSPS) is 12.2. The van der Waals surface area contributed by atoms with E-state index in [4.69, 9.17) is 4.74 Å². The van der Waals surface area contributed by atoms with Crippen molar-refractivity contribution in [1.29, 1.82) is 0 Å². The van der Waals surface area contributed by atoms with Crippen LogP contribution in [0.5, 0.6) is 5.75 Å². The zero-order valence-electron chi connectivity index (χ0n) is 11.9. The van der Waals surface area contributed by atoms with Gasteiger partial charge in [-0.3, -0.25) is 0 Å². The standard InChI is InChI=1S/C17H18Br2O2/c1-21-17-7-6-16(19)10-14(17)9-13(11-20)8-12-2-4-15(18)5-3-12/h2-7,10,13,20H,8-9,11H2,1H3. The minimum Gasteiger partial charge on any atom is -0.496 e. The monoisotopic (exact) mass is 412 g/mol. The molecule has 1 unspecified atom stereocenters. The van der Waals surface area contributed by atoms with E-state index in [1.165, 1.54) is 5.56 Å². The van der Waals surface area contributed by atoms with Crippen LogP contribution in [0.2, 0.25) is 0 Å². The highest BCUT2D eigenvalue weighted by atomic mass is 79.9. The topological polar surface area (TPSA) is 29.5 Å². The first-order valence-electron chi connectivity index (χ1n) is 6.80. The molecule has 0 aromatic heterocycles. The maximum absolute atomic E-state index is 9.67. The third-order valence-electron chi connectivity index (χ3n) is 3.45. The van der Waals surface area contributed by atoms with E-state index in [-0.39, 0.29) is 12.5 Å². The summed E-state index contributed by atoms with van der Waals surface area (Å²) in [6.07, 6.45) is 1.63. The summed E-state index contributed by atoms with van der Waals surface area (Å²) in [5.74, 6) is 1.04.